The minimum absolute atomic E-state index is 0. The Balaban J connectivity index is 0.00000408. The Morgan fingerprint density at radius 3 is 1.82 bits per heavy atom. The molecule has 188 valence electrons. The van der Waals surface area contributed by atoms with Gasteiger partial charge in [0.2, 0.25) is 0 Å². The maximum absolute atomic E-state index is 12.9. The number of carbonyl (C=O) groups is 1. The first-order chi connectivity index (χ1) is 15.4. The van der Waals surface area contributed by atoms with E-state index in [1.807, 2.05) is 4.90 Å². The zero-order chi connectivity index (χ0) is 24.2. The van der Waals surface area contributed by atoms with E-state index in [-0.39, 0.29) is 19.0 Å². The largest absolute Gasteiger partial charge is 0.481 e. The third-order valence-electron chi connectivity index (χ3n) is 5.63. The topological polar surface area (TPSA) is 49.8 Å². The van der Waals surface area contributed by atoms with Crippen LogP contribution in [0.4, 0.5) is 26.3 Å². The zero-order valence-corrected chi connectivity index (χ0v) is 18.7. The lowest BCUT2D eigenvalue weighted by molar-refractivity contribution is -0.143. The monoisotopic (exact) mass is 511 g/mol. The second kappa shape index (κ2) is 11.4. The first kappa shape index (κ1) is 27.9. The number of halogens is 7. The van der Waals surface area contributed by atoms with Crippen molar-refractivity contribution in [1.29, 1.82) is 0 Å². The molecule has 0 amide bonds. The van der Waals surface area contributed by atoms with Gasteiger partial charge < -0.3 is 14.7 Å². The molecule has 1 fully saturated rings. The Bertz CT molecular complexity index is 874. The summed E-state index contributed by atoms with van der Waals surface area (Å²) in [6.45, 7) is 1.57. The van der Waals surface area contributed by atoms with Crippen LogP contribution in [0.3, 0.4) is 0 Å². The highest BCUT2D eigenvalue weighted by atomic mass is 35.5. The average molecular weight is 512 g/mol. The number of carboxylic acid groups (broad SMARTS) is 1. The lowest BCUT2D eigenvalue weighted by Crippen LogP contribution is -2.40. The normalized spacial score (nSPS) is 17.4. The minimum Gasteiger partial charge on any atom is -0.481 e. The number of likely N-dealkylation sites (tertiary alicyclic amines) is 1. The van der Waals surface area contributed by atoms with Gasteiger partial charge in [-0.25, -0.2) is 0 Å². The molecule has 0 bridgehead atoms. The van der Waals surface area contributed by atoms with Crippen molar-refractivity contribution < 1.29 is 41.0 Å². The van der Waals surface area contributed by atoms with Crippen LogP contribution >= 0.6 is 12.4 Å². The molecule has 1 heterocycles. The zero-order valence-electron chi connectivity index (χ0n) is 17.9. The molecule has 0 saturated carbocycles. The van der Waals surface area contributed by atoms with Gasteiger partial charge in [-0.1, -0.05) is 24.3 Å². The minimum atomic E-state index is -4.52. The first-order valence-electron chi connectivity index (χ1n) is 10.4. The molecule has 1 atom stereocenters. The number of hydrogen-bond acceptors (Lipinski definition) is 3. The molecule has 0 aliphatic carbocycles. The van der Waals surface area contributed by atoms with E-state index in [9.17, 15) is 36.2 Å². The fourth-order valence-electron chi connectivity index (χ4n) is 3.84. The molecule has 0 aromatic heterocycles. The van der Waals surface area contributed by atoms with Crippen molar-refractivity contribution in [3.05, 3.63) is 70.8 Å². The molecule has 4 nitrogen and oxygen atoms in total. The third kappa shape index (κ3) is 7.35. The Hall–Kier alpha value is -2.30. The maximum atomic E-state index is 12.9. The van der Waals surface area contributed by atoms with E-state index >= 15 is 0 Å². The second-order valence-corrected chi connectivity index (χ2v) is 7.97. The summed E-state index contributed by atoms with van der Waals surface area (Å²) in [4.78, 5) is 13.2. The van der Waals surface area contributed by atoms with Crippen LogP contribution in [0.25, 0.3) is 0 Å². The molecule has 1 saturated heterocycles. The predicted molar refractivity (Wildman–Crippen MR) is 115 cm³/mol. The number of piperidine rings is 1. The molecule has 1 N–H and O–H groups in total. The van der Waals surface area contributed by atoms with Crippen LogP contribution in [0.2, 0.25) is 0 Å². The number of carboxylic acids is 1. The summed E-state index contributed by atoms with van der Waals surface area (Å²) in [6, 6.07) is 8.57. The number of rotatable bonds is 7. The van der Waals surface area contributed by atoms with Crippen molar-refractivity contribution in [1.82, 2.24) is 4.90 Å². The highest BCUT2D eigenvalue weighted by Gasteiger charge is 2.32. The predicted octanol–water partition coefficient (Wildman–Crippen LogP) is 6.05. The summed E-state index contributed by atoms with van der Waals surface area (Å²) < 4.78 is 83.4. The Morgan fingerprint density at radius 1 is 0.941 bits per heavy atom. The van der Waals surface area contributed by atoms with Gasteiger partial charge >= 0.3 is 18.3 Å². The number of benzene rings is 2. The van der Waals surface area contributed by atoms with E-state index < -0.39 is 41.5 Å². The lowest BCUT2D eigenvalue weighted by atomic mass is 9.98. The number of ether oxygens (including phenoxy) is 1. The Labute approximate surface area is 198 Å². The van der Waals surface area contributed by atoms with Crippen LogP contribution in [-0.4, -0.2) is 42.2 Å². The van der Waals surface area contributed by atoms with Crippen molar-refractivity contribution in [2.24, 2.45) is 5.92 Å². The first-order valence-corrected chi connectivity index (χ1v) is 10.4. The third-order valence-corrected chi connectivity index (χ3v) is 5.63. The van der Waals surface area contributed by atoms with Gasteiger partial charge in [-0.05, 0) is 54.8 Å². The lowest BCUT2D eigenvalue weighted by Gasteiger charge is -2.31. The van der Waals surface area contributed by atoms with Crippen molar-refractivity contribution >= 4 is 18.4 Å². The SMILES string of the molecule is Cl.O=C(O)C1CCCN(CCOC(c2ccc(C(F)(F)F)cc2)c2ccc(C(F)(F)F)cc2)C1. The smallest absolute Gasteiger partial charge is 0.416 e. The van der Waals surface area contributed by atoms with Gasteiger partial charge in [0.1, 0.15) is 6.10 Å². The summed E-state index contributed by atoms with van der Waals surface area (Å²) in [7, 11) is 0. The highest BCUT2D eigenvalue weighted by molar-refractivity contribution is 5.85. The van der Waals surface area contributed by atoms with E-state index in [1.165, 1.54) is 24.3 Å². The Kier molecular flexibility index (Phi) is 9.38. The van der Waals surface area contributed by atoms with Gasteiger partial charge in [-0.15, -0.1) is 12.4 Å². The summed E-state index contributed by atoms with van der Waals surface area (Å²) in [5.41, 5.74) is -0.953. The van der Waals surface area contributed by atoms with Gasteiger partial charge in [0, 0.05) is 13.1 Å². The second-order valence-electron chi connectivity index (χ2n) is 7.97. The number of aliphatic carboxylic acids is 1. The summed E-state index contributed by atoms with van der Waals surface area (Å²) in [5.74, 6) is -1.34. The molecule has 34 heavy (non-hydrogen) atoms. The van der Waals surface area contributed by atoms with Crippen LogP contribution in [0.1, 0.15) is 41.2 Å². The fourth-order valence-corrected chi connectivity index (χ4v) is 3.84. The van der Waals surface area contributed by atoms with Crippen molar-refractivity contribution in [3.8, 4) is 0 Å². The summed E-state index contributed by atoms with van der Waals surface area (Å²) in [6.07, 6.45) is -8.60. The van der Waals surface area contributed by atoms with Crippen LogP contribution in [0.5, 0.6) is 0 Å². The van der Waals surface area contributed by atoms with E-state index in [4.69, 9.17) is 4.74 Å². The summed E-state index contributed by atoms with van der Waals surface area (Å²) >= 11 is 0. The number of nitrogens with zero attached hydrogens (tertiary/aromatic N) is 1. The van der Waals surface area contributed by atoms with Crippen LogP contribution in [-0.2, 0) is 21.9 Å². The molecule has 3 rings (SSSR count). The van der Waals surface area contributed by atoms with Crippen LogP contribution in [0.15, 0.2) is 48.5 Å². The molecular weight excluding hydrogens is 488 g/mol. The molecular formula is C23H24ClF6NO3. The summed E-state index contributed by atoms with van der Waals surface area (Å²) in [5, 5.41) is 9.21. The van der Waals surface area contributed by atoms with E-state index in [2.05, 4.69) is 0 Å². The van der Waals surface area contributed by atoms with Crippen molar-refractivity contribution in [2.75, 3.05) is 26.2 Å². The van der Waals surface area contributed by atoms with E-state index in [0.29, 0.717) is 37.2 Å². The quantitative estimate of drug-likeness (QED) is 0.460. The molecule has 0 spiro atoms. The highest BCUT2D eigenvalue weighted by Crippen LogP contribution is 2.34. The van der Waals surface area contributed by atoms with Gasteiger partial charge in [-0.2, -0.15) is 26.3 Å². The standard InChI is InChI=1S/C23H23F6NO3.ClH/c24-22(25,26)18-7-3-15(4-8-18)20(16-5-9-19(10-6-16)23(27,28)29)33-13-12-30-11-1-2-17(14-30)21(31)32;/h3-10,17,20H,1-2,11-14H2,(H,31,32);1H. The van der Waals surface area contributed by atoms with Gasteiger partial charge in [0.25, 0.3) is 0 Å². The molecule has 1 aliphatic rings. The maximum Gasteiger partial charge on any atom is 0.416 e. The van der Waals surface area contributed by atoms with E-state index in [1.54, 1.807) is 0 Å². The number of hydrogen-bond donors (Lipinski definition) is 1. The molecule has 1 unspecified atom stereocenters. The molecule has 11 heteroatoms. The van der Waals surface area contributed by atoms with Crippen molar-refractivity contribution in [2.45, 2.75) is 31.3 Å². The van der Waals surface area contributed by atoms with Gasteiger partial charge in [-0.3, -0.25) is 4.79 Å². The average Bonchev–Trinajstić information content (AvgIpc) is 2.76. The van der Waals surface area contributed by atoms with Crippen LogP contribution < -0.4 is 0 Å². The number of alkyl halides is 6. The molecule has 0 radical (unpaired) electrons. The fraction of sp³-hybridized carbons (Fsp3) is 0.435. The molecule has 2 aromatic rings. The van der Waals surface area contributed by atoms with Crippen molar-refractivity contribution in [3.63, 3.8) is 0 Å². The molecule has 2 aromatic carbocycles. The molecule has 1 aliphatic heterocycles. The van der Waals surface area contributed by atoms with E-state index in [0.717, 1.165) is 30.7 Å². The Morgan fingerprint density at radius 2 is 1.41 bits per heavy atom. The van der Waals surface area contributed by atoms with Gasteiger partial charge in [0.15, 0.2) is 0 Å². The van der Waals surface area contributed by atoms with Crippen LogP contribution in [0, 0.1) is 5.92 Å². The van der Waals surface area contributed by atoms with Gasteiger partial charge in [0.05, 0.1) is 23.7 Å².